The third-order valence-corrected chi connectivity index (χ3v) is 3.83. The van der Waals surface area contributed by atoms with E-state index in [1.807, 2.05) is 32.0 Å². The van der Waals surface area contributed by atoms with Crippen LogP contribution in [0.3, 0.4) is 0 Å². The second kappa shape index (κ2) is 9.77. The Morgan fingerprint density at radius 3 is 2.35 bits per heavy atom. The predicted molar refractivity (Wildman–Crippen MR) is 84.6 cm³/mol. The van der Waals surface area contributed by atoms with Gasteiger partial charge < -0.3 is 5.32 Å². The van der Waals surface area contributed by atoms with Crippen LogP contribution >= 0.6 is 12.1 Å². The molecule has 1 saturated heterocycles. The molecule has 0 spiro atoms. The van der Waals surface area contributed by atoms with E-state index in [2.05, 4.69) is 10.2 Å². The van der Waals surface area contributed by atoms with Crippen LogP contribution in [0.25, 0.3) is 0 Å². The quantitative estimate of drug-likeness (QED) is 0.855. The lowest BCUT2D eigenvalue weighted by Gasteiger charge is -2.23. The molecule has 1 aliphatic heterocycles. The first-order valence-corrected chi connectivity index (χ1v) is 7.80. The number of nitrogens with one attached hydrogen (secondary N) is 1. The molecular weight excluding hydrogens is 275 g/mol. The predicted octanol–water partition coefficient (Wildman–Crippen LogP) is 3.92. The van der Waals surface area contributed by atoms with Crippen LogP contribution < -0.4 is 5.32 Å². The Morgan fingerprint density at radius 1 is 1.25 bits per heavy atom. The van der Waals surface area contributed by atoms with E-state index in [1.54, 1.807) is 0 Å². The van der Waals surface area contributed by atoms with E-state index in [0.29, 0.717) is 24.4 Å². The van der Waals surface area contributed by atoms with Gasteiger partial charge in [-0.15, -0.1) is 0 Å². The molecule has 1 fully saturated rings. The van der Waals surface area contributed by atoms with E-state index in [4.69, 9.17) is 0 Å². The maximum atomic E-state index is 11.7. The van der Waals surface area contributed by atoms with Gasteiger partial charge in [-0.2, -0.15) is 3.89 Å². The molecule has 0 aliphatic carbocycles. The van der Waals surface area contributed by atoms with Gasteiger partial charge in [0.1, 0.15) is 0 Å². The highest BCUT2D eigenvalue weighted by molar-refractivity contribution is 7.94. The zero-order valence-electron chi connectivity index (χ0n) is 12.2. The molecule has 1 aliphatic rings. The summed E-state index contributed by atoms with van der Waals surface area (Å²) >= 11 is 0.434. The molecule has 1 N–H and O–H groups in total. The number of carbonyl (C=O) groups is 1. The summed E-state index contributed by atoms with van der Waals surface area (Å²) in [5, 5.41) is 2.66. The van der Waals surface area contributed by atoms with E-state index < -0.39 is 0 Å². The van der Waals surface area contributed by atoms with Gasteiger partial charge in [-0.3, -0.25) is 9.69 Å². The molecule has 1 aromatic rings. The van der Waals surface area contributed by atoms with Crippen molar-refractivity contribution in [3.8, 4) is 0 Å². The smallest absolute Gasteiger partial charge is 0.211 e. The lowest BCUT2D eigenvalue weighted by Crippen LogP contribution is -2.28. The maximum absolute atomic E-state index is 11.7. The molecule has 0 aromatic heterocycles. The van der Waals surface area contributed by atoms with Crippen LogP contribution in [-0.4, -0.2) is 30.3 Å². The maximum Gasteiger partial charge on any atom is 0.211 e. The highest BCUT2D eigenvalue weighted by atomic mass is 32.2. The van der Waals surface area contributed by atoms with Crippen molar-refractivity contribution in [3.63, 3.8) is 0 Å². The highest BCUT2D eigenvalue weighted by Crippen LogP contribution is 2.18. The summed E-state index contributed by atoms with van der Waals surface area (Å²) < 4.78 is 11.7. The summed E-state index contributed by atoms with van der Waals surface area (Å²) in [5.41, 5.74) is 3.11. The Balaban J connectivity index is 0.000000204. The average Bonchev–Trinajstić information content (AvgIpc) is 2.45. The fraction of sp³-hybridized carbons (Fsp3) is 0.533. The number of aryl methyl sites for hydroxylation is 2. The molecule has 0 radical (unpaired) electrons. The fourth-order valence-corrected chi connectivity index (χ4v) is 2.65. The van der Waals surface area contributed by atoms with Crippen molar-refractivity contribution in [2.75, 3.05) is 24.3 Å². The number of rotatable bonds is 4. The topological polar surface area (TPSA) is 32.3 Å². The summed E-state index contributed by atoms with van der Waals surface area (Å²) in [6.45, 7) is 6.13. The average molecular weight is 298 g/mol. The van der Waals surface area contributed by atoms with Crippen molar-refractivity contribution in [1.82, 2.24) is 4.90 Å². The summed E-state index contributed by atoms with van der Waals surface area (Å²) in [5.74, 6) is 0.569. The molecular formula is C15H23FN2OS. The van der Waals surface area contributed by atoms with Crippen LogP contribution in [0, 0.1) is 13.8 Å². The van der Waals surface area contributed by atoms with Crippen LogP contribution in [0.2, 0.25) is 0 Å². The molecule has 0 atom stereocenters. The van der Waals surface area contributed by atoms with Gasteiger partial charge in [0, 0.05) is 5.69 Å². The van der Waals surface area contributed by atoms with Crippen LogP contribution in [0.1, 0.15) is 30.4 Å². The van der Waals surface area contributed by atoms with Crippen molar-refractivity contribution < 1.29 is 8.68 Å². The number of amides is 1. The minimum absolute atomic E-state index is 0.434. The van der Waals surface area contributed by atoms with Crippen molar-refractivity contribution >= 4 is 24.2 Å². The molecule has 5 heteroatoms. The van der Waals surface area contributed by atoms with Gasteiger partial charge in [-0.1, -0.05) is 24.6 Å². The Kier molecular flexibility index (Phi) is 8.30. The number of para-hydroxylation sites is 1. The number of benzene rings is 1. The van der Waals surface area contributed by atoms with Gasteiger partial charge in [0.05, 0.1) is 18.0 Å². The lowest BCUT2D eigenvalue weighted by molar-refractivity contribution is -0.105. The van der Waals surface area contributed by atoms with E-state index >= 15 is 0 Å². The minimum Gasteiger partial charge on any atom is -0.328 e. The van der Waals surface area contributed by atoms with Crippen LogP contribution in [0.5, 0.6) is 0 Å². The fourth-order valence-electron chi connectivity index (χ4n) is 2.26. The first-order valence-electron chi connectivity index (χ1n) is 6.91. The van der Waals surface area contributed by atoms with Gasteiger partial charge in [0.25, 0.3) is 0 Å². The second-order valence-corrected chi connectivity index (χ2v) is 5.42. The zero-order chi connectivity index (χ0) is 14.8. The monoisotopic (exact) mass is 298 g/mol. The Morgan fingerprint density at radius 2 is 1.85 bits per heavy atom. The minimum atomic E-state index is 0.434. The normalized spacial score (nSPS) is 15.2. The zero-order valence-corrected chi connectivity index (χ0v) is 13.0. The number of anilines is 1. The first-order chi connectivity index (χ1) is 9.69. The molecule has 0 unspecified atom stereocenters. The molecule has 3 nitrogen and oxygen atoms in total. The number of piperidine rings is 1. The molecule has 0 bridgehead atoms. The molecule has 1 aromatic carbocycles. The molecule has 2 rings (SSSR count). The van der Waals surface area contributed by atoms with Crippen LogP contribution in [-0.2, 0) is 4.79 Å². The summed E-state index contributed by atoms with van der Waals surface area (Å²) in [6, 6.07) is 5.91. The van der Waals surface area contributed by atoms with E-state index in [-0.39, 0.29) is 0 Å². The highest BCUT2D eigenvalue weighted by Gasteiger charge is 2.08. The number of hydrogen-bond donors (Lipinski definition) is 1. The van der Waals surface area contributed by atoms with Crippen LogP contribution in [0.4, 0.5) is 9.57 Å². The first kappa shape index (κ1) is 17.0. The summed E-state index contributed by atoms with van der Waals surface area (Å²) in [6.07, 6.45) is 4.53. The number of carbonyl (C=O) groups excluding carboxylic acids is 1. The lowest BCUT2D eigenvalue weighted by atomic mass is 10.1. The van der Waals surface area contributed by atoms with Gasteiger partial charge in [-0.05, 0) is 50.9 Å². The third kappa shape index (κ3) is 5.92. The number of hydrogen-bond acceptors (Lipinski definition) is 3. The van der Waals surface area contributed by atoms with Crippen molar-refractivity contribution in [3.05, 3.63) is 29.3 Å². The Hall–Kier alpha value is -1.07. The van der Waals surface area contributed by atoms with E-state index in [0.717, 1.165) is 29.9 Å². The van der Waals surface area contributed by atoms with Crippen molar-refractivity contribution in [2.24, 2.45) is 0 Å². The van der Waals surface area contributed by atoms with Crippen molar-refractivity contribution in [1.29, 1.82) is 0 Å². The summed E-state index contributed by atoms with van der Waals surface area (Å²) in [7, 11) is 0. The standard InChI is InChI=1S/C9H11NO.C6H12FNS/c1-7-4-3-5-8(2)9(7)10-6-11;7-9-6-8-4-2-1-3-5-8/h3-6H,1-2H3,(H,10,11);1-6H2. The van der Waals surface area contributed by atoms with Gasteiger partial charge in [0.2, 0.25) is 6.41 Å². The molecule has 1 heterocycles. The molecule has 0 saturated carbocycles. The number of halogens is 1. The van der Waals surface area contributed by atoms with Crippen molar-refractivity contribution in [2.45, 2.75) is 33.1 Å². The Bertz CT molecular complexity index is 386. The largest absolute Gasteiger partial charge is 0.328 e. The van der Waals surface area contributed by atoms with E-state index in [9.17, 15) is 8.68 Å². The molecule has 112 valence electrons. The Labute approximate surface area is 125 Å². The molecule has 1 amide bonds. The van der Waals surface area contributed by atoms with Crippen LogP contribution in [0.15, 0.2) is 18.2 Å². The summed E-state index contributed by atoms with van der Waals surface area (Å²) in [4.78, 5) is 12.3. The van der Waals surface area contributed by atoms with E-state index in [1.165, 1.54) is 19.3 Å². The number of likely N-dealkylation sites (tertiary alicyclic amines) is 1. The van der Waals surface area contributed by atoms with Gasteiger partial charge >= 0.3 is 0 Å². The second-order valence-electron chi connectivity index (χ2n) is 4.95. The molecule has 20 heavy (non-hydrogen) atoms. The van der Waals surface area contributed by atoms with Gasteiger partial charge in [-0.25, -0.2) is 0 Å². The van der Waals surface area contributed by atoms with Gasteiger partial charge in [0.15, 0.2) is 0 Å². The third-order valence-electron chi connectivity index (χ3n) is 3.36. The SMILES string of the molecule is Cc1cccc(C)c1NC=O.FSCN1CCCCC1. The number of nitrogens with zero attached hydrogens (tertiary/aromatic N) is 1.